The van der Waals surface area contributed by atoms with Gasteiger partial charge in [0.1, 0.15) is 0 Å². The average molecular weight is 421 g/mol. The first kappa shape index (κ1) is 27.2. The molecule has 0 saturated heterocycles. The van der Waals surface area contributed by atoms with Crippen LogP contribution in [0, 0.1) is 28.6 Å². The Labute approximate surface area is 188 Å². The molecule has 2 heteroatoms. The number of carbonyl (C=O) groups is 1. The number of carbonyl (C=O) groups excluding carboxylic acids is 1. The molecule has 1 rings (SSSR count). The summed E-state index contributed by atoms with van der Waals surface area (Å²) in [5.41, 5.74) is 1.62. The molecular formula is C28H52O2. The molecule has 0 aromatic carbocycles. The zero-order valence-corrected chi connectivity index (χ0v) is 21.6. The number of allylic oxidation sites excluding steroid dienone is 1. The lowest BCUT2D eigenvalue weighted by Crippen LogP contribution is -2.38. The van der Waals surface area contributed by atoms with Crippen LogP contribution in [0.5, 0.6) is 0 Å². The molecule has 0 unspecified atom stereocenters. The fourth-order valence-corrected chi connectivity index (χ4v) is 5.95. The van der Waals surface area contributed by atoms with Crippen molar-refractivity contribution in [2.45, 2.75) is 126 Å². The average Bonchev–Trinajstić information content (AvgIpc) is 2.64. The molecular weight excluding hydrogens is 368 g/mol. The molecule has 0 aromatic rings. The number of ketones is 1. The highest BCUT2D eigenvalue weighted by molar-refractivity contribution is 5.95. The second-order valence-electron chi connectivity index (χ2n) is 11.6. The standard InChI is InChI=1S/C28H52O2/c1-22(2)28(23(3)4,24(5)6)17-14-12-10-9-11-13-15-19-30-21-25-20-27(7,8)18-16-26(25)29/h21-24H,9-20H2,1-8H3/b25-21+. The number of hydrogen-bond acceptors (Lipinski definition) is 2. The van der Waals surface area contributed by atoms with Gasteiger partial charge in [0.15, 0.2) is 5.78 Å². The highest BCUT2D eigenvalue weighted by Crippen LogP contribution is 2.47. The van der Waals surface area contributed by atoms with Crippen molar-refractivity contribution in [1.82, 2.24) is 0 Å². The van der Waals surface area contributed by atoms with Crippen LogP contribution in [0.15, 0.2) is 11.8 Å². The highest BCUT2D eigenvalue weighted by atomic mass is 16.5. The maximum atomic E-state index is 12.0. The maximum absolute atomic E-state index is 12.0. The van der Waals surface area contributed by atoms with Gasteiger partial charge in [0, 0.05) is 12.0 Å². The molecule has 0 N–H and O–H groups in total. The molecule has 2 nitrogen and oxygen atoms in total. The van der Waals surface area contributed by atoms with Crippen LogP contribution >= 0.6 is 0 Å². The first-order chi connectivity index (χ1) is 14.0. The lowest BCUT2D eigenvalue weighted by atomic mass is 9.60. The Morgan fingerprint density at radius 3 is 1.90 bits per heavy atom. The second kappa shape index (κ2) is 12.9. The van der Waals surface area contributed by atoms with Crippen LogP contribution in [-0.4, -0.2) is 12.4 Å². The molecule has 0 spiro atoms. The molecule has 1 saturated carbocycles. The molecule has 0 radical (unpaired) electrons. The maximum Gasteiger partial charge on any atom is 0.161 e. The molecule has 1 aliphatic carbocycles. The molecule has 1 aliphatic rings. The van der Waals surface area contributed by atoms with Crippen molar-refractivity contribution >= 4 is 5.78 Å². The van der Waals surface area contributed by atoms with Crippen LogP contribution in [0.4, 0.5) is 0 Å². The summed E-state index contributed by atoms with van der Waals surface area (Å²) < 4.78 is 5.70. The third kappa shape index (κ3) is 8.39. The van der Waals surface area contributed by atoms with Crippen molar-refractivity contribution in [3.8, 4) is 0 Å². The minimum atomic E-state index is 0.238. The van der Waals surface area contributed by atoms with Gasteiger partial charge in [-0.25, -0.2) is 0 Å². The van der Waals surface area contributed by atoms with E-state index in [2.05, 4.69) is 55.4 Å². The zero-order chi connectivity index (χ0) is 22.8. The predicted molar refractivity (Wildman–Crippen MR) is 131 cm³/mol. The minimum absolute atomic E-state index is 0.238. The van der Waals surface area contributed by atoms with Gasteiger partial charge in [-0.2, -0.15) is 0 Å². The van der Waals surface area contributed by atoms with E-state index in [9.17, 15) is 4.79 Å². The summed E-state index contributed by atoms with van der Waals surface area (Å²) in [5, 5.41) is 0. The van der Waals surface area contributed by atoms with Gasteiger partial charge in [0.2, 0.25) is 0 Å². The van der Waals surface area contributed by atoms with E-state index in [0.29, 0.717) is 11.8 Å². The van der Waals surface area contributed by atoms with Gasteiger partial charge < -0.3 is 4.74 Å². The first-order valence-electron chi connectivity index (χ1n) is 12.9. The van der Waals surface area contributed by atoms with Gasteiger partial charge in [-0.3, -0.25) is 4.79 Å². The van der Waals surface area contributed by atoms with E-state index in [4.69, 9.17) is 4.74 Å². The van der Waals surface area contributed by atoms with Crippen LogP contribution in [0.2, 0.25) is 0 Å². The molecule has 0 heterocycles. The molecule has 176 valence electrons. The van der Waals surface area contributed by atoms with Crippen LogP contribution in [0.1, 0.15) is 126 Å². The summed E-state index contributed by atoms with van der Waals surface area (Å²) in [5.74, 6) is 2.54. The Morgan fingerprint density at radius 2 is 1.37 bits per heavy atom. The van der Waals surface area contributed by atoms with Crippen LogP contribution < -0.4 is 0 Å². The van der Waals surface area contributed by atoms with Crippen molar-refractivity contribution in [2.24, 2.45) is 28.6 Å². The van der Waals surface area contributed by atoms with Gasteiger partial charge in [0.25, 0.3) is 0 Å². The van der Waals surface area contributed by atoms with Crippen LogP contribution in [0.3, 0.4) is 0 Å². The lowest BCUT2D eigenvalue weighted by Gasteiger charge is -2.45. The van der Waals surface area contributed by atoms with E-state index in [1.165, 1.54) is 44.9 Å². The molecule has 0 atom stereocenters. The minimum Gasteiger partial charge on any atom is -0.501 e. The van der Waals surface area contributed by atoms with Crippen LogP contribution in [0.25, 0.3) is 0 Å². The molecule has 0 amide bonds. The molecule has 0 bridgehead atoms. The van der Waals surface area contributed by atoms with Gasteiger partial charge in [-0.05, 0) is 54.3 Å². The summed E-state index contributed by atoms with van der Waals surface area (Å²) >= 11 is 0. The SMILES string of the molecule is CC(C)C(CCCCCCCCCO/C=C1\CC(C)(C)CCC1=O)(C(C)C)C(C)C. The Kier molecular flexibility index (Phi) is 11.7. The number of ether oxygens (including phenoxy) is 1. The summed E-state index contributed by atoms with van der Waals surface area (Å²) in [4.78, 5) is 12.0. The molecule has 1 fully saturated rings. The number of rotatable bonds is 14. The van der Waals surface area contributed by atoms with Gasteiger partial charge in [-0.1, -0.05) is 93.9 Å². The highest BCUT2D eigenvalue weighted by Gasteiger charge is 2.39. The van der Waals surface area contributed by atoms with Crippen LogP contribution in [-0.2, 0) is 9.53 Å². The second-order valence-corrected chi connectivity index (χ2v) is 11.6. The fraction of sp³-hybridized carbons (Fsp3) is 0.893. The zero-order valence-electron chi connectivity index (χ0n) is 21.6. The largest absolute Gasteiger partial charge is 0.501 e. The molecule has 0 aromatic heterocycles. The number of Topliss-reactive ketones (excluding diaryl/α,β-unsaturated/α-hetero) is 1. The summed E-state index contributed by atoms with van der Waals surface area (Å²) in [7, 11) is 0. The van der Waals surface area contributed by atoms with Crippen molar-refractivity contribution in [3.63, 3.8) is 0 Å². The van der Waals surface area contributed by atoms with E-state index < -0.39 is 0 Å². The van der Waals surface area contributed by atoms with E-state index >= 15 is 0 Å². The molecule has 0 aliphatic heterocycles. The van der Waals surface area contributed by atoms with E-state index in [-0.39, 0.29) is 11.2 Å². The third-order valence-electron chi connectivity index (χ3n) is 7.88. The van der Waals surface area contributed by atoms with Crippen molar-refractivity contribution in [2.75, 3.05) is 6.61 Å². The summed E-state index contributed by atoms with van der Waals surface area (Å²) in [6.45, 7) is 19.7. The summed E-state index contributed by atoms with van der Waals surface area (Å²) in [6, 6.07) is 0. The van der Waals surface area contributed by atoms with E-state index in [0.717, 1.165) is 49.2 Å². The number of hydrogen-bond donors (Lipinski definition) is 0. The Hall–Kier alpha value is -0.790. The van der Waals surface area contributed by atoms with Crippen molar-refractivity contribution < 1.29 is 9.53 Å². The van der Waals surface area contributed by atoms with E-state index in [1.54, 1.807) is 6.26 Å². The van der Waals surface area contributed by atoms with Gasteiger partial charge in [0.05, 0.1) is 12.9 Å². The Morgan fingerprint density at radius 1 is 0.867 bits per heavy atom. The normalized spacial score (nSPS) is 18.8. The van der Waals surface area contributed by atoms with Crippen molar-refractivity contribution in [1.29, 1.82) is 0 Å². The molecule has 30 heavy (non-hydrogen) atoms. The summed E-state index contributed by atoms with van der Waals surface area (Å²) in [6.07, 6.45) is 14.7. The van der Waals surface area contributed by atoms with Gasteiger partial charge >= 0.3 is 0 Å². The fourth-order valence-electron chi connectivity index (χ4n) is 5.95. The predicted octanol–water partition coefficient (Wildman–Crippen LogP) is 8.74. The quantitative estimate of drug-likeness (QED) is 0.159. The Balaban J connectivity index is 2.14. The van der Waals surface area contributed by atoms with Crippen molar-refractivity contribution in [3.05, 3.63) is 11.8 Å². The smallest absolute Gasteiger partial charge is 0.161 e. The third-order valence-corrected chi connectivity index (χ3v) is 7.88. The van der Waals surface area contributed by atoms with Gasteiger partial charge in [-0.15, -0.1) is 0 Å². The number of unbranched alkanes of at least 4 members (excludes halogenated alkanes) is 6. The lowest BCUT2D eigenvalue weighted by molar-refractivity contribution is -0.117. The Bertz CT molecular complexity index is 503. The monoisotopic (exact) mass is 420 g/mol. The first-order valence-corrected chi connectivity index (χ1v) is 12.9. The topological polar surface area (TPSA) is 26.3 Å². The van der Waals surface area contributed by atoms with E-state index in [1.807, 2.05) is 0 Å².